The molecule has 0 bridgehead atoms. The Kier molecular flexibility index (Phi) is 6.81. The first-order chi connectivity index (χ1) is 15.1. The molecule has 1 aromatic carbocycles. The van der Waals surface area contributed by atoms with E-state index in [1.165, 1.54) is 11.3 Å². The molecule has 0 radical (unpaired) electrons. The number of furan rings is 1. The Morgan fingerprint density at radius 1 is 1.06 bits per heavy atom. The molecule has 4 rings (SSSR count). The quantitative estimate of drug-likeness (QED) is 0.586. The summed E-state index contributed by atoms with van der Waals surface area (Å²) in [6.45, 7) is 5.27. The normalized spacial score (nSPS) is 15.4. The van der Waals surface area contributed by atoms with Gasteiger partial charge >= 0.3 is 0 Å². The molecule has 2 aromatic heterocycles. The highest BCUT2D eigenvalue weighted by Gasteiger charge is 2.25. The summed E-state index contributed by atoms with van der Waals surface area (Å²) in [4.78, 5) is 27.8. The van der Waals surface area contributed by atoms with E-state index in [0.29, 0.717) is 35.9 Å². The van der Waals surface area contributed by atoms with Gasteiger partial charge in [0.05, 0.1) is 24.1 Å². The Morgan fingerprint density at radius 3 is 2.48 bits per heavy atom. The van der Waals surface area contributed by atoms with Crippen LogP contribution >= 0.6 is 11.3 Å². The number of anilines is 1. The van der Waals surface area contributed by atoms with E-state index in [4.69, 9.17) is 9.15 Å². The van der Waals surface area contributed by atoms with Gasteiger partial charge < -0.3 is 19.8 Å². The molecule has 1 saturated heterocycles. The predicted octanol–water partition coefficient (Wildman–Crippen LogP) is 3.71. The van der Waals surface area contributed by atoms with Crippen molar-refractivity contribution in [3.05, 3.63) is 75.9 Å². The van der Waals surface area contributed by atoms with Crippen LogP contribution in [0.2, 0.25) is 0 Å². The molecule has 1 atom stereocenters. The average molecular weight is 440 g/mol. The second kappa shape index (κ2) is 9.91. The summed E-state index contributed by atoms with van der Waals surface area (Å²) in [5, 5.41) is 7.71. The lowest BCUT2D eigenvalue weighted by Crippen LogP contribution is -2.43. The largest absolute Gasteiger partial charge is 0.465 e. The first kappa shape index (κ1) is 21.3. The van der Waals surface area contributed by atoms with Crippen LogP contribution in [0, 0.1) is 6.92 Å². The Bertz CT molecular complexity index is 1010. The summed E-state index contributed by atoms with van der Waals surface area (Å²) in [5.74, 6) is 1.36. The maximum atomic E-state index is 12.7. The van der Waals surface area contributed by atoms with E-state index < -0.39 is 0 Å². The second-order valence-electron chi connectivity index (χ2n) is 7.33. The van der Waals surface area contributed by atoms with E-state index >= 15 is 0 Å². The van der Waals surface area contributed by atoms with Crippen molar-refractivity contribution in [3.63, 3.8) is 0 Å². The SMILES string of the molecule is Cc1ccc(C(CNC(=O)c2ccc(NC(=O)c3cccs3)cc2)N2CCOCC2)o1. The fourth-order valence-electron chi connectivity index (χ4n) is 3.53. The van der Waals surface area contributed by atoms with Crippen LogP contribution in [0.5, 0.6) is 0 Å². The Balaban J connectivity index is 1.37. The fourth-order valence-corrected chi connectivity index (χ4v) is 4.15. The number of nitrogens with one attached hydrogen (secondary N) is 2. The van der Waals surface area contributed by atoms with Crippen molar-refractivity contribution in [2.24, 2.45) is 0 Å². The van der Waals surface area contributed by atoms with Gasteiger partial charge in [0.1, 0.15) is 11.5 Å². The zero-order chi connectivity index (χ0) is 21.6. The highest BCUT2D eigenvalue weighted by molar-refractivity contribution is 7.12. The van der Waals surface area contributed by atoms with Crippen LogP contribution in [0.3, 0.4) is 0 Å². The molecule has 1 aliphatic heterocycles. The minimum atomic E-state index is -0.169. The van der Waals surface area contributed by atoms with Crippen LogP contribution in [0.1, 0.15) is 37.6 Å². The van der Waals surface area contributed by atoms with Crippen molar-refractivity contribution in [1.29, 1.82) is 0 Å². The molecule has 162 valence electrons. The summed E-state index contributed by atoms with van der Waals surface area (Å²) in [5.41, 5.74) is 1.18. The maximum Gasteiger partial charge on any atom is 0.265 e. The maximum absolute atomic E-state index is 12.7. The second-order valence-corrected chi connectivity index (χ2v) is 8.28. The number of hydrogen-bond donors (Lipinski definition) is 2. The summed E-state index contributed by atoms with van der Waals surface area (Å²) in [6, 6.07) is 14.3. The van der Waals surface area contributed by atoms with Crippen molar-refractivity contribution < 1.29 is 18.7 Å². The fraction of sp³-hybridized carbons (Fsp3) is 0.304. The van der Waals surface area contributed by atoms with E-state index in [9.17, 15) is 9.59 Å². The molecule has 1 unspecified atom stereocenters. The van der Waals surface area contributed by atoms with Gasteiger partial charge in [-0.3, -0.25) is 14.5 Å². The summed E-state index contributed by atoms with van der Waals surface area (Å²) in [7, 11) is 0. The molecule has 3 aromatic rings. The smallest absolute Gasteiger partial charge is 0.265 e. The van der Waals surface area contributed by atoms with Crippen molar-refractivity contribution in [2.45, 2.75) is 13.0 Å². The molecule has 3 heterocycles. The van der Waals surface area contributed by atoms with E-state index in [0.717, 1.165) is 24.6 Å². The first-order valence-electron chi connectivity index (χ1n) is 10.2. The monoisotopic (exact) mass is 439 g/mol. The highest BCUT2D eigenvalue weighted by atomic mass is 32.1. The predicted molar refractivity (Wildman–Crippen MR) is 120 cm³/mol. The molecular formula is C23H25N3O4S. The lowest BCUT2D eigenvalue weighted by Gasteiger charge is -2.33. The molecule has 0 spiro atoms. The van der Waals surface area contributed by atoms with E-state index in [-0.39, 0.29) is 17.9 Å². The average Bonchev–Trinajstić information content (AvgIpc) is 3.47. The van der Waals surface area contributed by atoms with Gasteiger partial charge in [-0.1, -0.05) is 6.07 Å². The minimum Gasteiger partial charge on any atom is -0.465 e. The van der Waals surface area contributed by atoms with E-state index in [1.807, 2.05) is 30.5 Å². The number of carbonyl (C=O) groups is 2. The number of ether oxygens (including phenoxy) is 1. The summed E-state index contributed by atoms with van der Waals surface area (Å²) < 4.78 is 11.3. The summed E-state index contributed by atoms with van der Waals surface area (Å²) in [6.07, 6.45) is 0. The molecule has 1 aliphatic rings. The third kappa shape index (κ3) is 5.41. The van der Waals surface area contributed by atoms with Gasteiger partial charge in [-0.15, -0.1) is 11.3 Å². The van der Waals surface area contributed by atoms with Crippen LogP contribution in [-0.2, 0) is 4.74 Å². The molecule has 1 fully saturated rings. The zero-order valence-corrected chi connectivity index (χ0v) is 18.1. The Labute approximate surface area is 185 Å². The zero-order valence-electron chi connectivity index (χ0n) is 17.3. The van der Waals surface area contributed by atoms with Gasteiger partial charge in [0.15, 0.2) is 0 Å². The number of carbonyl (C=O) groups excluding carboxylic acids is 2. The first-order valence-corrected chi connectivity index (χ1v) is 11.1. The lowest BCUT2D eigenvalue weighted by molar-refractivity contribution is 0.0117. The Hall–Kier alpha value is -2.94. The van der Waals surface area contributed by atoms with Crippen LogP contribution in [0.25, 0.3) is 0 Å². The van der Waals surface area contributed by atoms with Gasteiger partial charge in [-0.25, -0.2) is 0 Å². The molecule has 2 amide bonds. The molecule has 0 saturated carbocycles. The van der Waals surface area contributed by atoms with E-state index in [1.54, 1.807) is 30.3 Å². The minimum absolute atomic E-state index is 0.0501. The van der Waals surface area contributed by atoms with Crippen molar-refractivity contribution in [3.8, 4) is 0 Å². The standard InChI is InChI=1S/C23H25N3O4S/c1-16-4-9-20(30-16)19(26-10-12-29-13-11-26)15-24-22(27)17-5-7-18(8-6-17)25-23(28)21-3-2-14-31-21/h2-9,14,19H,10-13,15H2,1H3,(H,24,27)(H,25,28). The third-order valence-corrected chi connectivity index (χ3v) is 6.05. The number of thiophene rings is 1. The number of nitrogens with zero attached hydrogens (tertiary/aromatic N) is 1. The molecule has 8 heteroatoms. The number of rotatable bonds is 7. The van der Waals surface area contributed by atoms with Gasteiger partial charge in [-0.2, -0.15) is 0 Å². The van der Waals surface area contributed by atoms with Gasteiger partial charge in [0.2, 0.25) is 0 Å². The molecule has 2 N–H and O–H groups in total. The van der Waals surface area contributed by atoms with Gasteiger partial charge in [0, 0.05) is 30.9 Å². The van der Waals surface area contributed by atoms with Crippen LogP contribution in [-0.4, -0.2) is 49.6 Å². The van der Waals surface area contributed by atoms with Crippen molar-refractivity contribution in [2.75, 3.05) is 38.2 Å². The molecule has 31 heavy (non-hydrogen) atoms. The molecule has 0 aliphatic carbocycles. The number of amides is 2. The number of aryl methyl sites for hydroxylation is 1. The van der Waals surface area contributed by atoms with Crippen molar-refractivity contribution >= 4 is 28.8 Å². The number of hydrogen-bond acceptors (Lipinski definition) is 6. The molecular weight excluding hydrogens is 414 g/mol. The van der Waals surface area contributed by atoms with Crippen molar-refractivity contribution in [1.82, 2.24) is 10.2 Å². The van der Waals surface area contributed by atoms with E-state index in [2.05, 4.69) is 15.5 Å². The number of benzene rings is 1. The van der Waals surface area contributed by atoms with Crippen LogP contribution < -0.4 is 10.6 Å². The van der Waals surface area contributed by atoms with Crippen LogP contribution in [0.15, 0.2) is 58.3 Å². The lowest BCUT2D eigenvalue weighted by atomic mass is 10.1. The topological polar surface area (TPSA) is 83.8 Å². The number of morpholine rings is 1. The van der Waals surface area contributed by atoms with Gasteiger partial charge in [-0.05, 0) is 54.8 Å². The van der Waals surface area contributed by atoms with Gasteiger partial charge in [0.25, 0.3) is 11.8 Å². The molecule has 7 nitrogen and oxygen atoms in total. The third-order valence-electron chi connectivity index (χ3n) is 5.18. The summed E-state index contributed by atoms with van der Waals surface area (Å²) >= 11 is 1.38. The Morgan fingerprint density at radius 2 is 1.84 bits per heavy atom. The van der Waals surface area contributed by atoms with Crippen LogP contribution in [0.4, 0.5) is 5.69 Å². The highest BCUT2D eigenvalue weighted by Crippen LogP contribution is 2.23.